The van der Waals surface area contributed by atoms with Gasteiger partial charge in [0.2, 0.25) is 5.91 Å². The number of nitrogens with one attached hydrogen (secondary N) is 1. The Labute approximate surface area is 84.7 Å². The van der Waals surface area contributed by atoms with Crippen LogP contribution in [0.4, 0.5) is 0 Å². The second-order valence-electron chi connectivity index (χ2n) is 3.49. The molecule has 5 nitrogen and oxygen atoms in total. The smallest absolute Gasteiger partial charge is 0.233 e. The van der Waals surface area contributed by atoms with Crippen LogP contribution in [0.15, 0.2) is 0 Å². The number of rotatable bonds is 6. The van der Waals surface area contributed by atoms with E-state index in [0.717, 1.165) is 0 Å². The Balaban J connectivity index is 4.03. The highest BCUT2D eigenvalue weighted by Crippen LogP contribution is 1.92. The highest BCUT2D eigenvalue weighted by atomic mass is 16.3. The molecule has 5 heteroatoms. The summed E-state index contributed by atoms with van der Waals surface area (Å²) in [6.07, 6.45) is -0.687. The van der Waals surface area contributed by atoms with Crippen LogP contribution in [0.1, 0.15) is 27.2 Å². The first kappa shape index (κ1) is 13.4. The molecule has 0 aromatic carbocycles. The van der Waals surface area contributed by atoms with E-state index in [-0.39, 0.29) is 5.91 Å². The molecule has 0 spiro atoms. The second-order valence-corrected chi connectivity index (χ2v) is 3.49. The van der Waals surface area contributed by atoms with Crippen LogP contribution < -0.4 is 5.43 Å². The molecule has 0 fully saturated rings. The van der Waals surface area contributed by atoms with Crippen molar-refractivity contribution < 1.29 is 15.0 Å². The number of amides is 1. The van der Waals surface area contributed by atoms with E-state index < -0.39 is 12.2 Å². The minimum absolute atomic E-state index is 0.119. The van der Waals surface area contributed by atoms with Gasteiger partial charge in [-0.15, -0.1) is 0 Å². The molecular formula is C9H20N2O3. The zero-order chi connectivity index (χ0) is 11.1. The number of aliphatic hydroxyl groups is 2. The Bertz CT molecular complexity index is 161. The Kier molecular flexibility index (Phi) is 6.44. The van der Waals surface area contributed by atoms with Crippen molar-refractivity contribution in [3.05, 3.63) is 0 Å². The number of hydrogen-bond donors (Lipinski definition) is 3. The van der Waals surface area contributed by atoms with Crippen molar-refractivity contribution in [2.24, 2.45) is 0 Å². The van der Waals surface area contributed by atoms with Gasteiger partial charge in [-0.1, -0.05) is 6.92 Å². The quantitative estimate of drug-likeness (QED) is 0.510. The van der Waals surface area contributed by atoms with Gasteiger partial charge < -0.3 is 10.2 Å². The van der Waals surface area contributed by atoms with Crippen LogP contribution in [0, 0.1) is 0 Å². The van der Waals surface area contributed by atoms with E-state index in [4.69, 9.17) is 10.2 Å². The predicted octanol–water partition coefficient (Wildman–Crippen LogP) is -0.509. The molecule has 0 heterocycles. The Hall–Kier alpha value is -0.650. The summed E-state index contributed by atoms with van der Waals surface area (Å²) in [6, 6.07) is 0. The molecule has 0 radical (unpaired) electrons. The first-order valence-corrected chi connectivity index (χ1v) is 4.86. The third-order valence-corrected chi connectivity index (χ3v) is 1.57. The molecule has 0 bridgehead atoms. The van der Waals surface area contributed by atoms with Gasteiger partial charge in [0.05, 0.1) is 12.2 Å². The molecule has 0 aromatic heterocycles. The van der Waals surface area contributed by atoms with Crippen molar-refractivity contribution in [3.63, 3.8) is 0 Å². The van der Waals surface area contributed by atoms with E-state index in [1.807, 2.05) is 0 Å². The predicted molar refractivity (Wildman–Crippen MR) is 53.4 cm³/mol. The highest BCUT2D eigenvalue weighted by Gasteiger charge is 2.12. The van der Waals surface area contributed by atoms with Crippen molar-refractivity contribution in [3.8, 4) is 0 Å². The summed E-state index contributed by atoms with van der Waals surface area (Å²) in [5.41, 5.74) is 2.60. The summed E-state index contributed by atoms with van der Waals surface area (Å²) in [7, 11) is 0. The van der Waals surface area contributed by atoms with Crippen LogP contribution in [0.3, 0.4) is 0 Å². The summed E-state index contributed by atoms with van der Waals surface area (Å²) >= 11 is 0. The second kappa shape index (κ2) is 6.75. The Morgan fingerprint density at radius 1 is 1.29 bits per heavy atom. The molecular weight excluding hydrogens is 184 g/mol. The SMILES string of the molecule is CCC(=O)NN(CC(C)O)CC(C)O. The number of hydrazine groups is 1. The first-order chi connectivity index (χ1) is 6.45. The van der Waals surface area contributed by atoms with Gasteiger partial charge in [0, 0.05) is 19.5 Å². The zero-order valence-corrected chi connectivity index (χ0v) is 9.03. The number of carbonyl (C=O) groups excluding carboxylic acids is 1. The third-order valence-electron chi connectivity index (χ3n) is 1.57. The molecule has 0 saturated carbocycles. The summed E-state index contributed by atoms with van der Waals surface area (Å²) in [6.45, 7) is 5.64. The fourth-order valence-corrected chi connectivity index (χ4v) is 1.06. The summed E-state index contributed by atoms with van der Waals surface area (Å²) in [5, 5.41) is 19.8. The minimum Gasteiger partial charge on any atom is -0.392 e. The van der Waals surface area contributed by atoms with Gasteiger partial charge in [0.25, 0.3) is 0 Å². The van der Waals surface area contributed by atoms with Crippen molar-refractivity contribution >= 4 is 5.91 Å². The van der Waals surface area contributed by atoms with E-state index >= 15 is 0 Å². The molecule has 0 aliphatic rings. The number of nitrogens with zero attached hydrogens (tertiary/aromatic N) is 1. The molecule has 2 unspecified atom stereocenters. The maximum absolute atomic E-state index is 11.1. The van der Waals surface area contributed by atoms with E-state index in [1.54, 1.807) is 20.8 Å². The Morgan fingerprint density at radius 2 is 1.71 bits per heavy atom. The molecule has 0 rings (SSSR count). The number of carbonyl (C=O) groups is 1. The van der Waals surface area contributed by atoms with Crippen LogP contribution in [-0.2, 0) is 4.79 Å². The number of aliphatic hydroxyl groups excluding tert-OH is 2. The van der Waals surface area contributed by atoms with Gasteiger partial charge in [0.1, 0.15) is 0 Å². The molecule has 0 aliphatic carbocycles. The van der Waals surface area contributed by atoms with E-state index in [9.17, 15) is 4.79 Å². The maximum Gasteiger partial charge on any atom is 0.233 e. The molecule has 3 N–H and O–H groups in total. The van der Waals surface area contributed by atoms with Crippen LogP contribution in [0.2, 0.25) is 0 Å². The molecule has 14 heavy (non-hydrogen) atoms. The average Bonchev–Trinajstić information content (AvgIpc) is 2.01. The molecule has 2 atom stereocenters. The third kappa shape index (κ3) is 6.82. The molecule has 0 saturated heterocycles. The monoisotopic (exact) mass is 204 g/mol. The van der Waals surface area contributed by atoms with Gasteiger partial charge in [-0.25, -0.2) is 5.01 Å². The van der Waals surface area contributed by atoms with Crippen LogP contribution in [0.25, 0.3) is 0 Å². The summed E-state index contributed by atoms with van der Waals surface area (Å²) in [5.74, 6) is -0.119. The topological polar surface area (TPSA) is 72.8 Å². The van der Waals surface area contributed by atoms with Crippen LogP contribution in [0.5, 0.6) is 0 Å². The number of hydrogen-bond acceptors (Lipinski definition) is 4. The molecule has 1 amide bonds. The van der Waals surface area contributed by atoms with E-state index in [2.05, 4.69) is 5.43 Å². The summed E-state index contributed by atoms with van der Waals surface area (Å²) < 4.78 is 0. The van der Waals surface area contributed by atoms with Crippen molar-refractivity contribution in [1.82, 2.24) is 10.4 Å². The fourth-order valence-electron chi connectivity index (χ4n) is 1.06. The first-order valence-electron chi connectivity index (χ1n) is 4.86. The van der Waals surface area contributed by atoms with Gasteiger partial charge >= 0.3 is 0 Å². The standard InChI is InChI=1S/C9H20N2O3/c1-4-9(14)10-11(5-7(2)12)6-8(3)13/h7-8,12-13H,4-6H2,1-3H3,(H,10,14). The maximum atomic E-state index is 11.1. The van der Waals surface area contributed by atoms with Gasteiger partial charge in [-0.05, 0) is 13.8 Å². The van der Waals surface area contributed by atoms with E-state index in [1.165, 1.54) is 5.01 Å². The molecule has 84 valence electrons. The lowest BCUT2D eigenvalue weighted by atomic mass is 10.3. The van der Waals surface area contributed by atoms with Gasteiger partial charge in [-0.3, -0.25) is 10.2 Å². The largest absolute Gasteiger partial charge is 0.392 e. The zero-order valence-electron chi connectivity index (χ0n) is 9.03. The van der Waals surface area contributed by atoms with Crippen molar-refractivity contribution in [1.29, 1.82) is 0 Å². The molecule has 0 aliphatic heterocycles. The van der Waals surface area contributed by atoms with Crippen LogP contribution in [-0.4, -0.2) is 46.4 Å². The average molecular weight is 204 g/mol. The molecule has 0 aromatic rings. The lowest BCUT2D eigenvalue weighted by Crippen LogP contribution is -2.48. The minimum atomic E-state index is -0.536. The Morgan fingerprint density at radius 3 is 2.00 bits per heavy atom. The fraction of sp³-hybridized carbons (Fsp3) is 0.889. The van der Waals surface area contributed by atoms with Crippen molar-refractivity contribution in [2.45, 2.75) is 39.4 Å². The lowest BCUT2D eigenvalue weighted by Gasteiger charge is -2.25. The van der Waals surface area contributed by atoms with E-state index in [0.29, 0.717) is 19.5 Å². The highest BCUT2D eigenvalue weighted by molar-refractivity contribution is 5.74. The lowest BCUT2D eigenvalue weighted by molar-refractivity contribution is -0.126. The van der Waals surface area contributed by atoms with Crippen molar-refractivity contribution in [2.75, 3.05) is 13.1 Å². The normalized spacial score (nSPS) is 15.3. The van der Waals surface area contributed by atoms with Crippen LogP contribution >= 0.6 is 0 Å². The van der Waals surface area contributed by atoms with Gasteiger partial charge in [-0.2, -0.15) is 0 Å². The van der Waals surface area contributed by atoms with Gasteiger partial charge in [0.15, 0.2) is 0 Å². The summed E-state index contributed by atoms with van der Waals surface area (Å²) in [4.78, 5) is 11.1.